The normalized spacial score (nSPS) is 9.29. The highest BCUT2D eigenvalue weighted by molar-refractivity contribution is 14.2. The Kier molecular flexibility index (Phi) is 7.55. The van der Waals surface area contributed by atoms with Gasteiger partial charge in [0.1, 0.15) is 0 Å². The first-order chi connectivity index (χ1) is 8.27. The molecular weight excluding hydrogens is 361 g/mol. The van der Waals surface area contributed by atoms with E-state index in [0.717, 1.165) is 5.69 Å². The molecule has 0 saturated heterocycles. The van der Waals surface area contributed by atoms with Crippen molar-refractivity contribution in [2.75, 3.05) is 12.0 Å². The van der Waals surface area contributed by atoms with E-state index in [9.17, 15) is 0 Å². The molecule has 0 aromatic heterocycles. The van der Waals surface area contributed by atoms with Gasteiger partial charge in [-0.25, -0.2) is 0 Å². The van der Waals surface area contributed by atoms with Gasteiger partial charge in [0.2, 0.25) is 0 Å². The van der Waals surface area contributed by atoms with Crippen molar-refractivity contribution < 1.29 is 0 Å². The van der Waals surface area contributed by atoms with E-state index in [2.05, 4.69) is 39.6 Å². The van der Waals surface area contributed by atoms with Gasteiger partial charge in [0.25, 0.3) is 0 Å². The van der Waals surface area contributed by atoms with Gasteiger partial charge >= 0.3 is 0 Å². The van der Waals surface area contributed by atoms with Crippen molar-refractivity contribution in [2.45, 2.75) is 0 Å². The zero-order chi connectivity index (χ0) is 12.5. The van der Waals surface area contributed by atoms with E-state index in [0.29, 0.717) is 0 Å². The molecule has 2 aromatic carbocycles. The van der Waals surface area contributed by atoms with Crippen LogP contribution in [0.25, 0.3) is 11.1 Å². The molecule has 0 saturated carbocycles. The summed E-state index contributed by atoms with van der Waals surface area (Å²) >= 11 is 2.23. The average Bonchev–Trinajstić information content (AvgIpc) is 2.41. The SMILES string of the molecule is CSSI.Nc1ccc(-c2ccccc2)cc1. The summed E-state index contributed by atoms with van der Waals surface area (Å²) < 4.78 is 0. The van der Waals surface area contributed by atoms with Crippen LogP contribution in [0, 0.1) is 0 Å². The minimum absolute atomic E-state index is 0.805. The first-order valence-corrected chi connectivity index (χ1v) is 10.1. The third kappa shape index (κ3) is 5.70. The Morgan fingerprint density at radius 3 is 1.82 bits per heavy atom. The van der Waals surface area contributed by atoms with Gasteiger partial charge in [0.15, 0.2) is 0 Å². The second kappa shape index (κ2) is 8.72. The third-order valence-electron chi connectivity index (χ3n) is 2.08. The van der Waals surface area contributed by atoms with Crippen LogP contribution >= 0.6 is 40.0 Å². The van der Waals surface area contributed by atoms with Crippen LogP contribution < -0.4 is 5.73 Å². The summed E-state index contributed by atoms with van der Waals surface area (Å²) in [5.74, 6) is 0. The molecule has 90 valence electrons. The minimum Gasteiger partial charge on any atom is -0.399 e. The predicted molar refractivity (Wildman–Crippen MR) is 91.4 cm³/mol. The molecular formula is C13H14INS2. The Balaban J connectivity index is 0.000000317. The van der Waals surface area contributed by atoms with Crippen molar-refractivity contribution in [3.8, 4) is 11.1 Å². The highest BCUT2D eigenvalue weighted by atomic mass is 127. The van der Waals surface area contributed by atoms with Gasteiger partial charge < -0.3 is 5.73 Å². The fraction of sp³-hybridized carbons (Fsp3) is 0.0769. The topological polar surface area (TPSA) is 26.0 Å². The second-order valence-electron chi connectivity index (χ2n) is 3.22. The quantitative estimate of drug-likeness (QED) is 0.439. The van der Waals surface area contributed by atoms with Gasteiger partial charge in [0.05, 0.1) is 0 Å². The van der Waals surface area contributed by atoms with E-state index in [1.54, 1.807) is 18.8 Å². The number of halogens is 1. The molecule has 17 heavy (non-hydrogen) atoms. The van der Waals surface area contributed by atoms with Crippen molar-refractivity contribution >= 4 is 45.7 Å². The number of nitrogens with two attached hydrogens (primary N) is 1. The highest BCUT2D eigenvalue weighted by Crippen LogP contribution is 2.24. The van der Waals surface area contributed by atoms with Crippen LogP contribution in [0.2, 0.25) is 0 Å². The Hall–Kier alpha value is -0.330. The van der Waals surface area contributed by atoms with Gasteiger partial charge in [-0.2, -0.15) is 0 Å². The Bertz CT molecular complexity index is 415. The first kappa shape index (κ1) is 14.7. The van der Waals surface area contributed by atoms with Crippen LogP contribution in [0.3, 0.4) is 0 Å². The highest BCUT2D eigenvalue weighted by Gasteiger charge is 1.94. The van der Waals surface area contributed by atoms with Crippen LogP contribution in [-0.2, 0) is 0 Å². The summed E-state index contributed by atoms with van der Waals surface area (Å²) in [6, 6.07) is 18.2. The third-order valence-corrected chi connectivity index (χ3v) is 5.82. The van der Waals surface area contributed by atoms with Crippen LogP contribution in [-0.4, -0.2) is 6.26 Å². The maximum Gasteiger partial charge on any atom is 0.0314 e. The predicted octanol–water partition coefficient (Wildman–Crippen LogP) is 5.28. The van der Waals surface area contributed by atoms with E-state index in [1.165, 1.54) is 11.1 Å². The summed E-state index contributed by atoms with van der Waals surface area (Å²) in [5, 5.41) is 0. The molecule has 2 N–H and O–H groups in total. The molecule has 2 rings (SSSR count). The monoisotopic (exact) mass is 375 g/mol. The van der Waals surface area contributed by atoms with Crippen LogP contribution in [0.1, 0.15) is 0 Å². The van der Waals surface area contributed by atoms with Crippen molar-refractivity contribution in [3.05, 3.63) is 54.6 Å². The van der Waals surface area contributed by atoms with Gasteiger partial charge in [-0.1, -0.05) is 53.3 Å². The molecule has 0 fully saturated rings. The largest absolute Gasteiger partial charge is 0.399 e. The maximum atomic E-state index is 5.60. The van der Waals surface area contributed by atoms with E-state index in [4.69, 9.17) is 5.73 Å². The summed E-state index contributed by atoms with van der Waals surface area (Å²) in [5.41, 5.74) is 8.84. The molecule has 4 heteroatoms. The molecule has 0 amide bonds. The standard InChI is InChI=1S/C12H11N.CH3IS2/c13-12-8-6-11(7-9-12)10-4-2-1-3-5-10;1-3-4-2/h1-9H,13H2;1H3. The molecule has 0 radical (unpaired) electrons. The first-order valence-electron chi connectivity index (χ1n) is 5.00. The van der Waals surface area contributed by atoms with E-state index in [-0.39, 0.29) is 0 Å². The molecule has 0 unspecified atom stereocenters. The number of hydrogen-bond acceptors (Lipinski definition) is 3. The van der Waals surface area contributed by atoms with Gasteiger partial charge in [-0.05, 0) is 37.5 Å². The number of anilines is 1. The van der Waals surface area contributed by atoms with E-state index >= 15 is 0 Å². The molecule has 0 aliphatic heterocycles. The van der Waals surface area contributed by atoms with E-state index < -0.39 is 0 Å². The van der Waals surface area contributed by atoms with Crippen LogP contribution in [0.15, 0.2) is 54.6 Å². The molecule has 0 bridgehead atoms. The lowest BCUT2D eigenvalue weighted by molar-refractivity contribution is 1.61. The van der Waals surface area contributed by atoms with Crippen LogP contribution in [0.5, 0.6) is 0 Å². The molecule has 0 aliphatic rings. The number of nitrogen functional groups attached to an aromatic ring is 1. The molecule has 1 nitrogen and oxygen atoms in total. The van der Waals surface area contributed by atoms with Gasteiger partial charge in [-0.15, -0.1) is 0 Å². The molecule has 0 atom stereocenters. The summed E-state index contributed by atoms with van der Waals surface area (Å²) in [4.78, 5) is 0. The molecule has 0 heterocycles. The molecule has 2 aromatic rings. The maximum absolute atomic E-state index is 5.60. The minimum atomic E-state index is 0.805. The fourth-order valence-corrected chi connectivity index (χ4v) is 1.31. The lowest BCUT2D eigenvalue weighted by Gasteiger charge is -2.00. The number of hydrogen-bond donors (Lipinski definition) is 1. The number of benzene rings is 2. The van der Waals surface area contributed by atoms with Crippen molar-refractivity contribution in [1.82, 2.24) is 0 Å². The van der Waals surface area contributed by atoms with Crippen molar-refractivity contribution in [2.24, 2.45) is 0 Å². The van der Waals surface area contributed by atoms with Crippen LogP contribution in [0.4, 0.5) is 5.69 Å². The fourth-order valence-electron chi connectivity index (χ4n) is 1.31. The molecule has 0 aliphatic carbocycles. The zero-order valence-electron chi connectivity index (χ0n) is 9.47. The Labute approximate surface area is 123 Å². The van der Waals surface area contributed by atoms with E-state index in [1.807, 2.05) is 42.5 Å². The van der Waals surface area contributed by atoms with Crippen molar-refractivity contribution in [3.63, 3.8) is 0 Å². The van der Waals surface area contributed by atoms with Gasteiger partial charge in [0, 0.05) is 26.9 Å². The number of rotatable bonds is 2. The summed E-state index contributed by atoms with van der Waals surface area (Å²) in [7, 11) is 3.50. The lowest BCUT2D eigenvalue weighted by Crippen LogP contribution is -1.83. The summed E-state index contributed by atoms with van der Waals surface area (Å²) in [6.07, 6.45) is 2.05. The zero-order valence-corrected chi connectivity index (χ0v) is 13.3. The lowest BCUT2D eigenvalue weighted by atomic mass is 10.1. The average molecular weight is 375 g/mol. The summed E-state index contributed by atoms with van der Waals surface area (Å²) in [6.45, 7) is 0. The van der Waals surface area contributed by atoms with Gasteiger partial charge in [-0.3, -0.25) is 0 Å². The Morgan fingerprint density at radius 1 is 0.882 bits per heavy atom. The smallest absolute Gasteiger partial charge is 0.0314 e. The second-order valence-corrected chi connectivity index (χ2v) is 8.29. The molecule has 0 spiro atoms. The van der Waals surface area contributed by atoms with Crippen molar-refractivity contribution in [1.29, 1.82) is 0 Å². The Morgan fingerprint density at radius 2 is 1.35 bits per heavy atom.